The van der Waals surface area contributed by atoms with Gasteiger partial charge in [-0.1, -0.05) is 23.6 Å². The lowest BCUT2D eigenvalue weighted by Crippen LogP contribution is -2.49. The van der Waals surface area contributed by atoms with Gasteiger partial charge in [-0.3, -0.25) is 9.69 Å². The minimum absolute atomic E-state index is 0.204. The van der Waals surface area contributed by atoms with Crippen LogP contribution < -0.4 is 0 Å². The van der Waals surface area contributed by atoms with Gasteiger partial charge in [0.25, 0.3) is 5.91 Å². The van der Waals surface area contributed by atoms with E-state index in [0.717, 1.165) is 50.6 Å². The highest BCUT2D eigenvalue weighted by molar-refractivity contribution is 5.94. The highest BCUT2D eigenvalue weighted by atomic mass is 16.5. The van der Waals surface area contributed by atoms with E-state index in [1.165, 1.54) is 36.9 Å². The number of carbonyl (C=O) groups excluding carboxylic acids is 1. The van der Waals surface area contributed by atoms with Crippen molar-refractivity contribution >= 4 is 5.91 Å². The molecular formula is C22H34N2O2. The molecule has 144 valence electrons. The SMILES string of the molecule is COCCN1CCCC[C@@H]1C1CCN(C(=O)c2cc(C)cc(C)c2)CC1. The topological polar surface area (TPSA) is 32.8 Å². The number of amides is 1. The summed E-state index contributed by atoms with van der Waals surface area (Å²) in [4.78, 5) is 17.6. The summed E-state index contributed by atoms with van der Waals surface area (Å²) in [5.41, 5.74) is 3.18. The standard InChI is InChI=1S/C22H34N2O2/c1-17-14-18(2)16-20(15-17)22(25)24-10-7-19(8-11-24)21-6-4-5-9-23(21)12-13-26-3/h14-16,19,21H,4-13H2,1-3H3/t21-/m1/s1. The van der Waals surface area contributed by atoms with E-state index < -0.39 is 0 Å². The van der Waals surface area contributed by atoms with E-state index in [9.17, 15) is 4.79 Å². The summed E-state index contributed by atoms with van der Waals surface area (Å²) >= 11 is 0. The van der Waals surface area contributed by atoms with E-state index in [-0.39, 0.29) is 5.91 Å². The zero-order valence-electron chi connectivity index (χ0n) is 16.7. The van der Waals surface area contributed by atoms with Crippen LogP contribution in [0.4, 0.5) is 0 Å². The second-order valence-electron chi connectivity index (χ2n) is 8.10. The van der Waals surface area contributed by atoms with Crippen molar-refractivity contribution in [2.45, 2.75) is 52.0 Å². The van der Waals surface area contributed by atoms with Gasteiger partial charge in [-0.15, -0.1) is 0 Å². The van der Waals surface area contributed by atoms with Crippen molar-refractivity contribution < 1.29 is 9.53 Å². The number of rotatable bonds is 5. The van der Waals surface area contributed by atoms with Crippen LogP contribution in [0.15, 0.2) is 18.2 Å². The zero-order chi connectivity index (χ0) is 18.5. The van der Waals surface area contributed by atoms with E-state index in [1.807, 2.05) is 12.1 Å². The first-order valence-corrected chi connectivity index (χ1v) is 10.2. The number of piperidine rings is 2. The second kappa shape index (κ2) is 9.01. The summed E-state index contributed by atoms with van der Waals surface area (Å²) in [7, 11) is 1.79. The summed E-state index contributed by atoms with van der Waals surface area (Å²) in [6.07, 6.45) is 6.22. The Morgan fingerprint density at radius 1 is 1.04 bits per heavy atom. The third kappa shape index (κ3) is 4.66. The Labute approximate surface area is 158 Å². The fourth-order valence-corrected chi connectivity index (χ4v) is 4.80. The van der Waals surface area contributed by atoms with Crippen LogP contribution in [0.5, 0.6) is 0 Å². The van der Waals surface area contributed by atoms with Gasteiger partial charge in [-0.25, -0.2) is 0 Å². The first-order valence-electron chi connectivity index (χ1n) is 10.2. The molecule has 0 spiro atoms. The molecule has 0 bridgehead atoms. The summed E-state index contributed by atoms with van der Waals surface area (Å²) < 4.78 is 5.30. The molecular weight excluding hydrogens is 324 g/mol. The number of carbonyl (C=O) groups is 1. The molecule has 0 N–H and O–H groups in total. The molecule has 2 fully saturated rings. The Morgan fingerprint density at radius 2 is 1.73 bits per heavy atom. The van der Waals surface area contributed by atoms with E-state index >= 15 is 0 Å². The Hall–Kier alpha value is -1.39. The molecule has 4 heteroatoms. The Bertz CT molecular complexity index is 588. The molecule has 1 aromatic rings. The van der Waals surface area contributed by atoms with E-state index in [4.69, 9.17) is 4.74 Å². The van der Waals surface area contributed by atoms with Gasteiger partial charge in [0.1, 0.15) is 0 Å². The molecule has 2 heterocycles. The average Bonchev–Trinajstić information content (AvgIpc) is 2.65. The lowest BCUT2D eigenvalue weighted by atomic mass is 9.83. The van der Waals surface area contributed by atoms with Crippen molar-refractivity contribution in [2.24, 2.45) is 5.92 Å². The van der Waals surface area contributed by atoms with Crippen molar-refractivity contribution in [1.29, 1.82) is 0 Å². The summed E-state index contributed by atoms with van der Waals surface area (Å²) in [6, 6.07) is 6.85. The van der Waals surface area contributed by atoms with E-state index in [1.54, 1.807) is 7.11 Å². The van der Waals surface area contributed by atoms with Gasteiger partial charge >= 0.3 is 0 Å². The van der Waals surface area contributed by atoms with Crippen molar-refractivity contribution in [3.05, 3.63) is 34.9 Å². The van der Waals surface area contributed by atoms with Gasteiger partial charge in [-0.05, 0) is 64.1 Å². The molecule has 0 aromatic heterocycles. The highest BCUT2D eigenvalue weighted by Crippen LogP contribution is 2.31. The number of ether oxygens (including phenoxy) is 1. The maximum Gasteiger partial charge on any atom is 0.253 e. The molecule has 0 unspecified atom stereocenters. The molecule has 0 radical (unpaired) electrons. The lowest BCUT2D eigenvalue weighted by Gasteiger charge is -2.43. The van der Waals surface area contributed by atoms with Crippen molar-refractivity contribution in [3.63, 3.8) is 0 Å². The Kier molecular flexibility index (Phi) is 6.71. The van der Waals surface area contributed by atoms with Crippen LogP contribution in [0.25, 0.3) is 0 Å². The molecule has 1 atom stereocenters. The number of benzene rings is 1. The fourth-order valence-electron chi connectivity index (χ4n) is 4.80. The number of hydrogen-bond donors (Lipinski definition) is 0. The van der Waals surface area contributed by atoms with Crippen LogP contribution in [0.1, 0.15) is 53.6 Å². The quantitative estimate of drug-likeness (QED) is 0.805. The molecule has 0 aliphatic carbocycles. The highest BCUT2D eigenvalue weighted by Gasteiger charge is 2.33. The molecule has 2 aliphatic heterocycles. The molecule has 1 aromatic carbocycles. The monoisotopic (exact) mass is 358 g/mol. The third-order valence-corrected chi connectivity index (χ3v) is 6.09. The molecule has 26 heavy (non-hydrogen) atoms. The van der Waals surface area contributed by atoms with Crippen LogP contribution in [-0.4, -0.2) is 61.6 Å². The maximum absolute atomic E-state index is 12.9. The molecule has 2 saturated heterocycles. The second-order valence-corrected chi connectivity index (χ2v) is 8.10. The number of hydrogen-bond acceptors (Lipinski definition) is 3. The normalized spacial score (nSPS) is 22.6. The van der Waals surface area contributed by atoms with Gasteiger partial charge in [-0.2, -0.15) is 0 Å². The van der Waals surface area contributed by atoms with Crippen molar-refractivity contribution in [3.8, 4) is 0 Å². The number of likely N-dealkylation sites (tertiary alicyclic amines) is 2. The number of aryl methyl sites for hydroxylation is 2. The van der Waals surface area contributed by atoms with Crippen LogP contribution in [-0.2, 0) is 4.74 Å². The van der Waals surface area contributed by atoms with Crippen LogP contribution >= 0.6 is 0 Å². The minimum atomic E-state index is 0.204. The number of nitrogens with zero attached hydrogens (tertiary/aromatic N) is 2. The van der Waals surface area contributed by atoms with Crippen molar-refractivity contribution in [2.75, 3.05) is 39.9 Å². The van der Waals surface area contributed by atoms with Crippen LogP contribution in [0.2, 0.25) is 0 Å². The fraction of sp³-hybridized carbons (Fsp3) is 0.682. The predicted octanol–water partition coefficient (Wildman–Crippen LogP) is 3.66. The summed E-state index contributed by atoms with van der Waals surface area (Å²) in [6.45, 7) is 8.98. The van der Waals surface area contributed by atoms with Crippen LogP contribution in [0, 0.1) is 19.8 Å². The molecule has 4 nitrogen and oxygen atoms in total. The summed E-state index contributed by atoms with van der Waals surface area (Å²) in [5.74, 6) is 0.922. The summed E-state index contributed by atoms with van der Waals surface area (Å²) in [5, 5.41) is 0. The molecule has 1 amide bonds. The Balaban J connectivity index is 1.58. The van der Waals surface area contributed by atoms with Gasteiger partial charge in [0.15, 0.2) is 0 Å². The van der Waals surface area contributed by atoms with Gasteiger partial charge in [0.05, 0.1) is 6.61 Å². The van der Waals surface area contributed by atoms with E-state index in [2.05, 4.69) is 29.7 Å². The minimum Gasteiger partial charge on any atom is -0.383 e. The molecule has 0 saturated carbocycles. The van der Waals surface area contributed by atoms with Gasteiger partial charge < -0.3 is 9.64 Å². The molecule has 2 aliphatic rings. The van der Waals surface area contributed by atoms with E-state index in [0.29, 0.717) is 6.04 Å². The zero-order valence-corrected chi connectivity index (χ0v) is 16.7. The maximum atomic E-state index is 12.9. The first kappa shape index (κ1) is 19.4. The van der Waals surface area contributed by atoms with Gasteiger partial charge in [0, 0.05) is 38.3 Å². The first-order chi connectivity index (χ1) is 12.6. The smallest absolute Gasteiger partial charge is 0.253 e. The van der Waals surface area contributed by atoms with Gasteiger partial charge in [0.2, 0.25) is 0 Å². The predicted molar refractivity (Wildman–Crippen MR) is 106 cm³/mol. The lowest BCUT2D eigenvalue weighted by molar-refractivity contribution is 0.0374. The van der Waals surface area contributed by atoms with Crippen LogP contribution in [0.3, 0.4) is 0 Å². The third-order valence-electron chi connectivity index (χ3n) is 6.09. The number of methoxy groups -OCH3 is 1. The largest absolute Gasteiger partial charge is 0.383 e. The molecule has 3 rings (SSSR count). The average molecular weight is 359 g/mol. The Morgan fingerprint density at radius 3 is 2.38 bits per heavy atom. The van der Waals surface area contributed by atoms with Crippen molar-refractivity contribution in [1.82, 2.24) is 9.80 Å².